The number of hydrogen-bond acceptors (Lipinski definition) is 4. The number of aromatic nitrogens is 4. The number of aryl methyl sites for hydroxylation is 2. The fourth-order valence-corrected chi connectivity index (χ4v) is 2.66. The Morgan fingerprint density at radius 1 is 1.06 bits per heavy atom. The van der Waals surface area contributed by atoms with Crippen molar-refractivity contribution >= 4 is 22.9 Å². The van der Waals surface area contributed by atoms with Gasteiger partial charge < -0.3 is 4.98 Å². The fourth-order valence-electron chi connectivity index (χ4n) is 1.71. The van der Waals surface area contributed by atoms with E-state index in [2.05, 4.69) is 52.0 Å². The molecule has 3 aromatic rings. The molecule has 0 saturated carbocycles. The normalized spacial score (nSPS) is 11.0. The molecule has 3 rings (SSSR count). The maximum absolute atomic E-state index is 4.31. The molecular formula is C13H12N4S. The van der Waals surface area contributed by atoms with Crippen molar-refractivity contribution in [2.24, 2.45) is 0 Å². The third-order valence-electron chi connectivity index (χ3n) is 2.88. The second-order valence-corrected chi connectivity index (χ2v) is 5.19. The van der Waals surface area contributed by atoms with Crippen LogP contribution in [-0.4, -0.2) is 19.9 Å². The highest BCUT2D eigenvalue weighted by Gasteiger charge is 2.07. The smallest absolute Gasteiger partial charge is 0.181 e. The SMILES string of the molecule is Cc1ccc(Sc2ncnc3nc[nH]c23)cc1C. The first kappa shape index (κ1) is 11.2. The molecule has 0 fully saturated rings. The fraction of sp³-hybridized carbons (Fsp3) is 0.154. The van der Waals surface area contributed by atoms with E-state index in [4.69, 9.17) is 0 Å². The van der Waals surface area contributed by atoms with E-state index >= 15 is 0 Å². The van der Waals surface area contributed by atoms with Crippen LogP contribution in [0.1, 0.15) is 11.1 Å². The summed E-state index contributed by atoms with van der Waals surface area (Å²) >= 11 is 1.62. The zero-order valence-corrected chi connectivity index (χ0v) is 11.0. The largest absolute Gasteiger partial charge is 0.341 e. The molecule has 2 heterocycles. The van der Waals surface area contributed by atoms with Gasteiger partial charge in [0.1, 0.15) is 16.9 Å². The van der Waals surface area contributed by atoms with Crippen molar-refractivity contribution in [3.63, 3.8) is 0 Å². The molecule has 0 aliphatic rings. The van der Waals surface area contributed by atoms with Gasteiger partial charge in [-0.15, -0.1) is 0 Å². The quantitative estimate of drug-likeness (QED) is 0.716. The summed E-state index contributed by atoms with van der Waals surface area (Å²) in [5.41, 5.74) is 4.18. The Hall–Kier alpha value is -1.88. The van der Waals surface area contributed by atoms with Gasteiger partial charge in [0.15, 0.2) is 5.65 Å². The van der Waals surface area contributed by atoms with Crippen LogP contribution in [0.15, 0.2) is 40.8 Å². The van der Waals surface area contributed by atoms with Gasteiger partial charge in [-0.2, -0.15) is 0 Å². The molecule has 0 spiro atoms. The standard InChI is InChI=1S/C13H12N4S/c1-8-3-4-10(5-9(8)2)18-13-11-12(15-6-14-11)16-7-17-13/h3-7H,1-2H3,(H,14,15,16,17). The van der Waals surface area contributed by atoms with Gasteiger partial charge in [0.05, 0.1) is 6.33 Å². The monoisotopic (exact) mass is 256 g/mol. The molecule has 0 bridgehead atoms. The number of nitrogens with zero attached hydrogens (tertiary/aromatic N) is 3. The first-order chi connectivity index (χ1) is 8.74. The van der Waals surface area contributed by atoms with E-state index in [1.165, 1.54) is 16.0 Å². The van der Waals surface area contributed by atoms with E-state index in [-0.39, 0.29) is 0 Å². The molecule has 0 aliphatic carbocycles. The number of rotatable bonds is 2. The first-order valence-electron chi connectivity index (χ1n) is 5.63. The Labute approximate surface area is 109 Å². The predicted molar refractivity (Wildman–Crippen MR) is 71.7 cm³/mol. The summed E-state index contributed by atoms with van der Waals surface area (Å²) in [6.45, 7) is 4.23. The zero-order chi connectivity index (χ0) is 12.5. The van der Waals surface area contributed by atoms with Crippen molar-refractivity contribution in [3.8, 4) is 0 Å². The third kappa shape index (κ3) is 1.97. The van der Waals surface area contributed by atoms with Crippen molar-refractivity contribution in [2.75, 3.05) is 0 Å². The zero-order valence-electron chi connectivity index (χ0n) is 10.1. The number of hydrogen-bond donors (Lipinski definition) is 1. The third-order valence-corrected chi connectivity index (χ3v) is 3.87. The number of H-pyrrole nitrogens is 1. The van der Waals surface area contributed by atoms with Crippen molar-refractivity contribution < 1.29 is 0 Å². The highest BCUT2D eigenvalue weighted by Crippen LogP contribution is 2.30. The average molecular weight is 256 g/mol. The Balaban J connectivity index is 2.01. The van der Waals surface area contributed by atoms with Crippen LogP contribution in [0.4, 0.5) is 0 Å². The molecule has 18 heavy (non-hydrogen) atoms. The minimum atomic E-state index is 0.705. The van der Waals surface area contributed by atoms with Crippen molar-refractivity contribution in [3.05, 3.63) is 42.0 Å². The maximum atomic E-state index is 4.31. The lowest BCUT2D eigenvalue weighted by atomic mass is 10.1. The molecule has 2 aromatic heterocycles. The van der Waals surface area contributed by atoms with Crippen LogP contribution in [0, 0.1) is 13.8 Å². The van der Waals surface area contributed by atoms with E-state index in [1.807, 2.05) is 0 Å². The highest BCUT2D eigenvalue weighted by atomic mass is 32.2. The van der Waals surface area contributed by atoms with Gasteiger partial charge in [-0.1, -0.05) is 17.8 Å². The lowest BCUT2D eigenvalue weighted by Crippen LogP contribution is -1.87. The van der Waals surface area contributed by atoms with E-state index < -0.39 is 0 Å². The van der Waals surface area contributed by atoms with Crippen LogP contribution in [0.5, 0.6) is 0 Å². The molecule has 0 aliphatic heterocycles. The minimum absolute atomic E-state index is 0.705. The highest BCUT2D eigenvalue weighted by molar-refractivity contribution is 7.99. The average Bonchev–Trinajstić information content (AvgIpc) is 2.83. The molecule has 1 aromatic carbocycles. The molecular weight excluding hydrogens is 244 g/mol. The van der Waals surface area contributed by atoms with Crippen molar-refractivity contribution in [1.82, 2.24) is 19.9 Å². The minimum Gasteiger partial charge on any atom is -0.341 e. The number of fused-ring (bicyclic) bond motifs is 1. The summed E-state index contributed by atoms with van der Waals surface area (Å²) in [6.07, 6.45) is 3.19. The summed E-state index contributed by atoms with van der Waals surface area (Å²) in [5.74, 6) is 0. The van der Waals surface area contributed by atoms with E-state index in [1.54, 1.807) is 24.4 Å². The van der Waals surface area contributed by atoms with Gasteiger partial charge in [-0.05, 0) is 37.1 Å². The summed E-state index contributed by atoms with van der Waals surface area (Å²) in [4.78, 5) is 16.8. The molecule has 1 N–H and O–H groups in total. The van der Waals surface area contributed by atoms with Gasteiger partial charge in [-0.25, -0.2) is 15.0 Å². The second-order valence-electron chi connectivity index (χ2n) is 4.13. The number of aromatic amines is 1. The van der Waals surface area contributed by atoms with Crippen LogP contribution >= 0.6 is 11.8 Å². The molecule has 90 valence electrons. The molecule has 0 amide bonds. The lowest BCUT2D eigenvalue weighted by molar-refractivity contribution is 1.08. The molecule has 5 heteroatoms. The maximum Gasteiger partial charge on any atom is 0.181 e. The molecule has 0 radical (unpaired) electrons. The Kier molecular flexibility index (Phi) is 2.76. The van der Waals surface area contributed by atoms with E-state index in [9.17, 15) is 0 Å². The van der Waals surface area contributed by atoms with Gasteiger partial charge in [-0.3, -0.25) is 0 Å². The molecule has 0 atom stereocenters. The van der Waals surface area contributed by atoms with Crippen LogP contribution in [0.2, 0.25) is 0 Å². The predicted octanol–water partition coefficient (Wildman–Crippen LogP) is 3.12. The molecule has 0 saturated heterocycles. The number of imidazole rings is 1. The topological polar surface area (TPSA) is 54.5 Å². The van der Waals surface area contributed by atoms with Crippen LogP contribution in [0.3, 0.4) is 0 Å². The van der Waals surface area contributed by atoms with Gasteiger partial charge in [0.2, 0.25) is 0 Å². The molecule has 4 nitrogen and oxygen atoms in total. The van der Waals surface area contributed by atoms with Crippen molar-refractivity contribution in [2.45, 2.75) is 23.8 Å². The van der Waals surface area contributed by atoms with Crippen molar-refractivity contribution in [1.29, 1.82) is 0 Å². The Bertz CT molecular complexity index is 705. The van der Waals surface area contributed by atoms with Gasteiger partial charge in [0, 0.05) is 4.90 Å². The van der Waals surface area contributed by atoms with Crippen LogP contribution < -0.4 is 0 Å². The van der Waals surface area contributed by atoms with E-state index in [0.29, 0.717) is 5.65 Å². The Morgan fingerprint density at radius 2 is 1.94 bits per heavy atom. The second kappa shape index (κ2) is 4.42. The molecule has 0 unspecified atom stereocenters. The summed E-state index contributed by atoms with van der Waals surface area (Å²) in [7, 11) is 0. The van der Waals surface area contributed by atoms with Gasteiger partial charge >= 0.3 is 0 Å². The van der Waals surface area contributed by atoms with Crippen LogP contribution in [-0.2, 0) is 0 Å². The van der Waals surface area contributed by atoms with Crippen LogP contribution in [0.25, 0.3) is 11.2 Å². The first-order valence-corrected chi connectivity index (χ1v) is 6.45. The Morgan fingerprint density at radius 3 is 2.78 bits per heavy atom. The van der Waals surface area contributed by atoms with E-state index in [0.717, 1.165) is 10.5 Å². The number of nitrogens with one attached hydrogen (secondary N) is 1. The lowest BCUT2D eigenvalue weighted by Gasteiger charge is -2.04. The summed E-state index contributed by atoms with van der Waals surface area (Å²) in [6, 6.07) is 6.41. The summed E-state index contributed by atoms with van der Waals surface area (Å²) in [5, 5.41) is 0.903. The van der Waals surface area contributed by atoms with Gasteiger partial charge in [0.25, 0.3) is 0 Å². The number of benzene rings is 1. The summed E-state index contributed by atoms with van der Waals surface area (Å²) < 4.78 is 0.